The number of nitro groups is 1. The molecule has 1 heterocycles. The molecule has 24 heteroatoms. The molecular formula is C73H76N4O20. The van der Waals surface area contributed by atoms with Crippen LogP contribution in [0.5, 0.6) is 11.5 Å². The predicted octanol–water partition coefficient (Wildman–Crippen LogP) is 10.0. The van der Waals surface area contributed by atoms with E-state index in [1.165, 1.54) is 84.3 Å². The van der Waals surface area contributed by atoms with Crippen molar-refractivity contribution in [3.8, 4) is 22.6 Å². The second-order valence-electron chi connectivity index (χ2n) is 25.6. The molecular weight excluding hydrogens is 1250 g/mol. The Hall–Kier alpha value is -10.3. The van der Waals surface area contributed by atoms with Crippen molar-refractivity contribution in [2.45, 2.75) is 121 Å². The van der Waals surface area contributed by atoms with E-state index in [0.717, 1.165) is 34.8 Å². The minimum Gasteiger partial charge on any atom is -0.455 e. The number of ketones is 1. The van der Waals surface area contributed by atoms with Crippen molar-refractivity contribution >= 4 is 53.4 Å². The Labute approximate surface area is 559 Å². The van der Waals surface area contributed by atoms with Gasteiger partial charge in [-0.1, -0.05) is 123 Å². The molecule has 1 unspecified atom stereocenters. The van der Waals surface area contributed by atoms with Crippen molar-refractivity contribution in [1.82, 2.24) is 15.1 Å². The molecule has 0 radical (unpaired) electrons. The molecule has 6 aromatic rings. The van der Waals surface area contributed by atoms with Crippen LogP contribution >= 0.6 is 0 Å². The van der Waals surface area contributed by atoms with Gasteiger partial charge < -0.3 is 63.2 Å². The average molecular weight is 1330 g/mol. The monoisotopic (exact) mass is 1330 g/mol. The molecule has 4 aliphatic rings. The maximum absolute atomic E-state index is 16.0. The maximum Gasteiger partial charge on any atom is 0.410 e. The van der Waals surface area contributed by atoms with E-state index in [2.05, 4.69) is 5.32 Å². The van der Waals surface area contributed by atoms with E-state index in [1.54, 1.807) is 85.8 Å². The summed E-state index contributed by atoms with van der Waals surface area (Å²) in [6.45, 7) is 8.77. The molecule has 10 rings (SSSR count). The highest BCUT2D eigenvalue weighted by molar-refractivity contribution is 5.96. The van der Waals surface area contributed by atoms with Crippen LogP contribution in [0.25, 0.3) is 11.1 Å². The van der Waals surface area contributed by atoms with Crippen LogP contribution in [-0.2, 0) is 52.3 Å². The first kappa shape index (κ1) is 69.5. The molecule has 12 atom stereocenters. The number of hydrogen-bond donors (Lipinski definition) is 3. The molecule has 2 bridgehead atoms. The fourth-order valence-electron chi connectivity index (χ4n) is 13.8. The zero-order valence-electron chi connectivity index (χ0n) is 54.9. The number of hydrogen-bond acceptors (Lipinski definition) is 20. The van der Waals surface area contributed by atoms with Crippen LogP contribution in [0.15, 0.2) is 175 Å². The van der Waals surface area contributed by atoms with Gasteiger partial charge >= 0.3 is 41.8 Å². The van der Waals surface area contributed by atoms with Gasteiger partial charge in [-0.2, -0.15) is 0 Å². The van der Waals surface area contributed by atoms with Crippen LogP contribution in [0.1, 0.15) is 105 Å². The molecule has 0 aromatic heterocycles. The number of carbonyl (C=O) groups is 8. The van der Waals surface area contributed by atoms with E-state index in [4.69, 9.17) is 37.9 Å². The molecule has 97 heavy (non-hydrogen) atoms. The Kier molecular flexibility index (Phi) is 20.2. The van der Waals surface area contributed by atoms with Gasteiger partial charge in [0.1, 0.15) is 41.8 Å². The lowest BCUT2D eigenvalue weighted by Crippen LogP contribution is -2.82. The largest absolute Gasteiger partial charge is 0.455 e. The summed E-state index contributed by atoms with van der Waals surface area (Å²) in [5, 5.41) is 41.5. The van der Waals surface area contributed by atoms with Crippen molar-refractivity contribution in [2.24, 2.45) is 16.7 Å². The number of amides is 3. The first-order valence-corrected chi connectivity index (χ1v) is 31.6. The van der Waals surface area contributed by atoms with E-state index in [0.29, 0.717) is 11.3 Å². The molecule has 3 aliphatic carbocycles. The van der Waals surface area contributed by atoms with Crippen molar-refractivity contribution in [2.75, 3.05) is 33.8 Å². The van der Waals surface area contributed by atoms with Crippen LogP contribution in [-0.4, -0.2) is 154 Å². The smallest absolute Gasteiger partial charge is 0.410 e. The molecule has 3 fully saturated rings. The number of fused-ring (bicyclic) bond motifs is 5. The van der Waals surface area contributed by atoms with Gasteiger partial charge in [0.2, 0.25) is 11.9 Å². The number of benzene rings is 6. The molecule has 508 valence electrons. The second-order valence-corrected chi connectivity index (χ2v) is 25.6. The van der Waals surface area contributed by atoms with E-state index in [-0.39, 0.29) is 58.8 Å². The zero-order chi connectivity index (χ0) is 69.9. The van der Waals surface area contributed by atoms with Gasteiger partial charge in [0, 0.05) is 70.9 Å². The Morgan fingerprint density at radius 3 is 1.86 bits per heavy atom. The minimum atomic E-state index is -2.56. The Morgan fingerprint density at radius 2 is 1.29 bits per heavy atom. The third-order valence-corrected chi connectivity index (χ3v) is 19.2. The third-order valence-electron chi connectivity index (χ3n) is 19.2. The summed E-state index contributed by atoms with van der Waals surface area (Å²) in [6, 6.07) is 42.8. The summed E-state index contributed by atoms with van der Waals surface area (Å²) in [6.07, 6.45) is -14.5. The van der Waals surface area contributed by atoms with E-state index in [1.807, 2.05) is 42.5 Å². The number of aliphatic hydroxyl groups is 2. The fraction of sp³-hybridized carbons (Fsp3) is 0.370. The van der Waals surface area contributed by atoms with Crippen molar-refractivity contribution in [3.05, 3.63) is 207 Å². The number of likely N-dealkylation sites (N-methyl/N-ethyl adjacent to an activating group) is 2. The Morgan fingerprint density at radius 1 is 0.722 bits per heavy atom. The SMILES string of the molecule is CC(=O)O[C@H]1C(=O)[C@@]2(C)[C@H]([C@H](OC(=O)c3ccccc3)[C@]3(O)C[C@H](OC(=O)[C@H](OC(=O)N(C)CCN(C)C(=O)OC(C)c4ccc([N+](=O)[O-])c(Oc5ccc(-c6ccccc6)cc5)c4)[C@@H](NC(=O)c4ccccc4)c4ccccc4)C(C)=C1C3(C)C)[C@]1(OC(C)=O)CO[C@@H]1C[C@@H]2O. The predicted molar refractivity (Wildman–Crippen MR) is 347 cm³/mol. The van der Waals surface area contributed by atoms with Crippen LogP contribution in [0, 0.1) is 26.9 Å². The topological polar surface area (TPSA) is 313 Å². The summed E-state index contributed by atoms with van der Waals surface area (Å²) in [7, 11) is 2.72. The van der Waals surface area contributed by atoms with Crippen molar-refractivity contribution in [1.29, 1.82) is 0 Å². The van der Waals surface area contributed by atoms with Crippen LogP contribution in [0.4, 0.5) is 15.3 Å². The first-order chi connectivity index (χ1) is 46.1. The number of aliphatic hydroxyl groups excluding tert-OH is 1. The van der Waals surface area contributed by atoms with E-state index in [9.17, 15) is 49.1 Å². The third kappa shape index (κ3) is 13.8. The standard InChI is InChI=1S/C73H76N4O20/c1-42-55(40-73(87)64(96-66(83)50-28-20-13-21-29-50)62-71(7,56(80)39-57-72(62,41-90-57)97-45(4)79)63(81)60(92-44(3)78)58(42)70(73,5)6)94-67(84)61(59(48-24-16-11-17-25-48)74-65(82)49-26-18-12-19-27-49)95-69(86)76(9)37-36-75(8)68(85)91-43(2)51-32-35-53(77(88)89)54(38-51)93-52-33-30-47(31-34-52)46-22-14-10-15-23-46/h10-35,38,43,55-57,59-62,64,80,87H,36-37,39-41H2,1-9H3,(H,74,82)/t43?,55-,56-,57+,59-,60+,61+,62-,64-,71+,72-,73+/m0/s1. The second kappa shape index (κ2) is 28.2. The molecule has 3 N–H and O–H groups in total. The highest BCUT2D eigenvalue weighted by atomic mass is 16.6. The number of carbonyl (C=O) groups excluding carboxylic acids is 8. The van der Waals surface area contributed by atoms with Gasteiger partial charge in [-0.3, -0.25) is 29.3 Å². The number of ether oxygens (including phenoxy) is 8. The molecule has 6 aromatic carbocycles. The molecule has 24 nitrogen and oxygen atoms in total. The van der Waals surface area contributed by atoms with Gasteiger partial charge in [0.15, 0.2) is 17.5 Å². The van der Waals surface area contributed by atoms with E-state index < -0.39 is 142 Å². The number of rotatable bonds is 20. The summed E-state index contributed by atoms with van der Waals surface area (Å²) in [5.41, 5.74) is -6.18. The summed E-state index contributed by atoms with van der Waals surface area (Å²) < 4.78 is 49.1. The molecule has 2 saturated carbocycles. The lowest BCUT2D eigenvalue weighted by atomic mass is 9.44. The summed E-state index contributed by atoms with van der Waals surface area (Å²) in [5.74, 6) is -7.24. The number of Topliss-reactive ketones (excluding diaryl/α,β-unsaturated/α-hetero) is 1. The molecule has 3 amide bonds. The van der Waals surface area contributed by atoms with Crippen molar-refractivity contribution in [3.63, 3.8) is 0 Å². The summed E-state index contributed by atoms with van der Waals surface area (Å²) in [4.78, 5) is 130. The van der Waals surface area contributed by atoms with Gasteiger partial charge in [0.25, 0.3) is 5.91 Å². The first-order valence-electron chi connectivity index (χ1n) is 31.6. The van der Waals surface area contributed by atoms with E-state index >= 15 is 9.59 Å². The number of nitrogens with one attached hydrogen (secondary N) is 1. The number of nitrogens with zero attached hydrogens (tertiary/aromatic N) is 3. The van der Waals surface area contributed by atoms with Gasteiger partial charge in [-0.25, -0.2) is 19.2 Å². The highest BCUT2D eigenvalue weighted by Gasteiger charge is 2.78. The quantitative estimate of drug-likeness (QED) is 0.0210. The lowest BCUT2D eigenvalue weighted by Gasteiger charge is -2.67. The van der Waals surface area contributed by atoms with Crippen LogP contribution in [0.2, 0.25) is 0 Å². The van der Waals surface area contributed by atoms with Crippen molar-refractivity contribution < 1.29 is 91.4 Å². The zero-order valence-corrected chi connectivity index (χ0v) is 54.9. The van der Waals surface area contributed by atoms with Gasteiger partial charge in [-0.15, -0.1) is 0 Å². The molecule has 0 spiro atoms. The van der Waals surface area contributed by atoms with Gasteiger partial charge in [0.05, 0.1) is 34.5 Å². The average Bonchev–Trinajstić information content (AvgIpc) is 0.669. The lowest BCUT2D eigenvalue weighted by molar-refractivity contribution is -0.385. The Bertz CT molecular complexity index is 4000. The van der Waals surface area contributed by atoms with Crippen LogP contribution in [0.3, 0.4) is 0 Å². The fourth-order valence-corrected chi connectivity index (χ4v) is 13.8. The van der Waals surface area contributed by atoms with Gasteiger partial charge in [-0.05, 0) is 103 Å². The Balaban J connectivity index is 0.958. The maximum atomic E-state index is 16.0. The number of esters is 4. The highest BCUT2D eigenvalue weighted by Crippen LogP contribution is 2.64. The normalized spacial score (nSPS) is 24.6. The minimum absolute atomic E-state index is 0.00422. The van der Waals surface area contributed by atoms with Crippen LogP contribution < -0.4 is 10.1 Å². The molecule has 1 aliphatic heterocycles. The summed E-state index contributed by atoms with van der Waals surface area (Å²) >= 11 is 0. The molecule has 1 saturated heterocycles. The number of nitro benzene ring substituents is 1.